The van der Waals surface area contributed by atoms with Crippen LogP contribution in [0.5, 0.6) is 0 Å². The van der Waals surface area contributed by atoms with Crippen LogP contribution in [0.15, 0.2) is 24.3 Å². The van der Waals surface area contributed by atoms with Crippen molar-refractivity contribution >= 4 is 72.8 Å². The summed E-state index contributed by atoms with van der Waals surface area (Å²) >= 11 is 0. The van der Waals surface area contributed by atoms with E-state index in [0.717, 1.165) is 142 Å². The number of pyridine rings is 1. The fourth-order valence-corrected chi connectivity index (χ4v) is 8.30. The highest BCUT2D eigenvalue weighted by Gasteiger charge is 2.17. The molecule has 0 saturated heterocycles. The summed E-state index contributed by atoms with van der Waals surface area (Å²) in [6.07, 6.45) is 13.1. The smallest absolute Gasteiger partial charge is 0.240 e. The van der Waals surface area contributed by atoms with Gasteiger partial charge < -0.3 is 26.3 Å². The maximum atomic E-state index is 12.4. The molecule has 1 atom stereocenters. The molecule has 0 saturated carbocycles. The number of anilines is 1. The Morgan fingerprint density at radius 3 is 2.36 bits per heavy atom. The third-order valence-electron chi connectivity index (χ3n) is 9.26. The first-order valence-electron chi connectivity index (χ1n) is 19.6. The second-order valence-corrected chi connectivity index (χ2v) is 16.3. The fraction of sp³-hybridized carbons (Fsp3) is 0.641. The zero-order chi connectivity index (χ0) is 38.3. The number of hydrogen-bond donors (Lipinski definition) is 6. The summed E-state index contributed by atoms with van der Waals surface area (Å²) in [5.41, 5.74) is 15.1. The highest BCUT2D eigenvalue weighted by Crippen LogP contribution is 2.29. The van der Waals surface area contributed by atoms with Crippen molar-refractivity contribution in [2.45, 2.75) is 123 Å². The number of imidazole rings is 1. The van der Waals surface area contributed by atoms with E-state index in [4.69, 9.17) is 16.5 Å². The summed E-state index contributed by atoms with van der Waals surface area (Å²) < 4.78 is 2.31. The van der Waals surface area contributed by atoms with Crippen molar-refractivity contribution in [1.82, 2.24) is 30.5 Å². The minimum absolute atomic E-state index is 0.0514. The molecule has 2 aromatic heterocycles. The van der Waals surface area contributed by atoms with Crippen molar-refractivity contribution < 1.29 is 19.4 Å². The maximum Gasteiger partial charge on any atom is 0.240 e. The molecule has 0 aliphatic carbocycles. The standard InChI is InChI=1S/C39H63N9O3S2/c1-4-5-20-34-47-37-38(30-16-8-9-18-32(30)46-39(37)41)48(34)26-14-13-25-44-35(50)21-7-6-11-24-45-36(51)22-28-53-52-27-15-19-33(40)43-23-12-10-17-31(42-3)29(2)49/h8-9,16,18,31,42H,4-7,10-15,17,19-28H2,1-3H3,(H2,40,43)(H2,41,46)(H,44,50)(H,45,51)/p+1. The van der Waals surface area contributed by atoms with Gasteiger partial charge >= 0.3 is 0 Å². The monoisotopic (exact) mass is 770 g/mol. The highest BCUT2D eigenvalue weighted by molar-refractivity contribution is 8.76. The van der Waals surface area contributed by atoms with Crippen LogP contribution in [0.1, 0.15) is 110 Å². The minimum atomic E-state index is -0.0514. The number of likely N-dealkylation sites (N-methyl/N-ethyl adjacent to an activating group) is 1. The first-order chi connectivity index (χ1) is 25.7. The average molecular weight is 771 g/mol. The first-order valence-corrected chi connectivity index (χ1v) is 22.1. The largest absolute Gasteiger partial charge is 0.382 e. The second kappa shape index (κ2) is 25.6. The Balaban J connectivity index is 1.17. The van der Waals surface area contributed by atoms with E-state index in [9.17, 15) is 14.4 Å². The van der Waals surface area contributed by atoms with Gasteiger partial charge in [0.05, 0.1) is 23.6 Å². The number of para-hydroxylation sites is 1. The number of amidine groups is 1. The SMILES string of the molecule is CCCCc1nc2c(N)nc3ccccc3c2n1CCCCNC(=O)CCCCCNC(=O)CCSSCCCC(N)=[NH+]CCCCC(NC)C(C)=O. The third kappa shape index (κ3) is 16.3. The summed E-state index contributed by atoms with van der Waals surface area (Å²) in [4.78, 5) is 48.8. The van der Waals surface area contributed by atoms with Crippen LogP contribution in [0.2, 0.25) is 0 Å². The van der Waals surface area contributed by atoms with Gasteiger partial charge in [-0.3, -0.25) is 25.1 Å². The van der Waals surface area contributed by atoms with E-state index in [-0.39, 0.29) is 23.6 Å². The summed E-state index contributed by atoms with van der Waals surface area (Å²) in [7, 11) is 5.33. The molecule has 0 fully saturated rings. The number of nitrogen functional groups attached to an aromatic ring is 1. The van der Waals surface area contributed by atoms with Crippen LogP contribution in [-0.2, 0) is 27.3 Å². The lowest BCUT2D eigenvalue weighted by Crippen LogP contribution is -2.75. The lowest BCUT2D eigenvalue weighted by Gasteiger charge is -2.11. The van der Waals surface area contributed by atoms with Gasteiger partial charge in [-0.2, -0.15) is 0 Å². The Kier molecular flexibility index (Phi) is 21.3. The Bertz CT molecular complexity index is 1600. The molecular formula is C39H64N9O3S2+. The molecule has 14 heteroatoms. The van der Waals surface area contributed by atoms with Crippen LogP contribution in [0.4, 0.5) is 5.82 Å². The Hall–Kier alpha value is -3.36. The van der Waals surface area contributed by atoms with E-state index in [2.05, 4.69) is 43.5 Å². The van der Waals surface area contributed by atoms with Gasteiger partial charge in [-0.05, 0) is 77.8 Å². The van der Waals surface area contributed by atoms with Gasteiger partial charge in [0.2, 0.25) is 17.6 Å². The second-order valence-electron chi connectivity index (χ2n) is 13.6. The summed E-state index contributed by atoms with van der Waals surface area (Å²) in [6, 6.07) is 8.03. The molecule has 3 rings (SSSR count). The van der Waals surface area contributed by atoms with Gasteiger partial charge in [0.1, 0.15) is 17.1 Å². The predicted molar refractivity (Wildman–Crippen MR) is 223 cm³/mol. The molecule has 8 N–H and O–H groups in total. The molecule has 0 radical (unpaired) electrons. The molecule has 2 amide bonds. The average Bonchev–Trinajstić information content (AvgIpc) is 3.51. The van der Waals surface area contributed by atoms with E-state index >= 15 is 0 Å². The first kappa shape index (κ1) is 44.0. The predicted octanol–water partition coefficient (Wildman–Crippen LogP) is 4.42. The summed E-state index contributed by atoms with van der Waals surface area (Å²) in [6.45, 7) is 6.75. The van der Waals surface area contributed by atoms with Gasteiger partial charge in [0, 0.05) is 62.2 Å². The zero-order valence-corrected chi connectivity index (χ0v) is 33.9. The summed E-state index contributed by atoms with van der Waals surface area (Å²) in [5.74, 6) is 4.46. The number of nitrogens with zero attached hydrogens (tertiary/aromatic N) is 3. The number of hydrogen-bond acceptors (Lipinski definition) is 9. The number of benzene rings is 1. The van der Waals surface area contributed by atoms with E-state index < -0.39 is 0 Å². The molecule has 1 aromatic carbocycles. The van der Waals surface area contributed by atoms with E-state index in [1.807, 2.05) is 25.2 Å². The molecule has 0 aliphatic rings. The number of fused-ring (bicyclic) bond motifs is 3. The molecule has 12 nitrogen and oxygen atoms in total. The number of carbonyl (C=O) groups excluding carboxylic acids is 3. The normalized spacial score (nSPS) is 12.4. The van der Waals surface area contributed by atoms with Gasteiger partial charge in [-0.15, -0.1) is 0 Å². The van der Waals surface area contributed by atoms with E-state index in [0.29, 0.717) is 31.7 Å². The molecule has 2 heterocycles. The minimum Gasteiger partial charge on any atom is -0.382 e. The molecule has 0 aliphatic heterocycles. The van der Waals surface area contributed by atoms with E-state index in [1.165, 1.54) is 0 Å². The zero-order valence-electron chi connectivity index (χ0n) is 32.3. The molecule has 1 unspecified atom stereocenters. The topological polar surface area (TPSA) is 184 Å². The quantitative estimate of drug-likeness (QED) is 0.0256. The van der Waals surface area contributed by atoms with Gasteiger partial charge in [0.15, 0.2) is 5.82 Å². The number of unbranched alkanes of at least 4 members (excludes halogenated alkanes) is 5. The number of aromatic nitrogens is 3. The summed E-state index contributed by atoms with van der Waals surface area (Å²) in [5, 5.41) is 10.2. The number of amides is 2. The fourth-order valence-electron chi connectivity index (χ4n) is 6.22. The molecule has 0 bridgehead atoms. The van der Waals surface area contributed by atoms with Crippen molar-refractivity contribution in [3.63, 3.8) is 0 Å². The Labute approximate surface area is 324 Å². The molecule has 294 valence electrons. The van der Waals surface area contributed by atoms with Crippen LogP contribution >= 0.6 is 21.6 Å². The third-order valence-corrected chi connectivity index (χ3v) is 11.7. The van der Waals surface area contributed by atoms with Crippen molar-refractivity contribution in [2.24, 2.45) is 5.73 Å². The maximum absolute atomic E-state index is 12.4. The van der Waals surface area contributed by atoms with Crippen molar-refractivity contribution in [3.8, 4) is 0 Å². The van der Waals surface area contributed by atoms with Gasteiger partial charge in [0.25, 0.3) is 0 Å². The number of ketones is 1. The highest BCUT2D eigenvalue weighted by atomic mass is 33.1. The van der Waals surface area contributed by atoms with Crippen molar-refractivity contribution in [2.75, 3.05) is 43.9 Å². The number of nitrogens with two attached hydrogens (primary N) is 2. The van der Waals surface area contributed by atoms with Crippen LogP contribution < -0.4 is 32.4 Å². The molecule has 53 heavy (non-hydrogen) atoms. The van der Waals surface area contributed by atoms with Crippen LogP contribution in [-0.4, -0.2) is 82.2 Å². The number of Topliss-reactive ketones (excluding diaryl/α,β-unsaturated/α-hetero) is 1. The molecule has 0 spiro atoms. The Morgan fingerprint density at radius 2 is 1.60 bits per heavy atom. The van der Waals surface area contributed by atoms with E-state index in [1.54, 1.807) is 28.5 Å². The van der Waals surface area contributed by atoms with Crippen LogP contribution in [0, 0.1) is 0 Å². The molecule has 3 aromatic rings. The number of carbonyl (C=O) groups is 3. The lowest BCUT2D eigenvalue weighted by atomic mass is 10.1. The van der Waals surface area contributed by atoms with Crippen LogP contribution in [0.3, 0.4) is 0 Å². The number of aryl methyl sites for hydroxylation is 2. The van der Waals surface area contributed by atoms with Crippen molar-refractivity contribution in [3.05, 3.63) is 30.1 Å². The Morgan fingerprint density at radius 1 is 0.868 bits per heavy atom. The van der Waals surface area contributed by atoms with Crippen molar-refractivity contribution in [1.29, 1.82) is 0 Å². The lowest BCUT2D eigenvalue weighted by molar-refractivity contribution is -0.460. The number of nitrogens with one attached hydrogen (secondary N) is 4. The molecular weight excluding hydrogens is 707 g/mol. The number of rotatable bonds is 29. The van der Waals surface area contributed by atoms with Crippen LogP contribution in [0.25, 0.3) is 21.9 Å². The van der Waals surface area contributed by atoms with Gasteiger partial charge in [-0.1, -0.05) is 59.6 Å². The van der Waals surface area contributed by atoms with Gasteiger partial charge in [-0.25, -0.2) is 9.97 Å².